The van der Waals surface area contributed by atoms with Crippen LogP contribution in [0.5, 0.6) is 0 Å². The number of aromatic nitrogens is 2. The van der Waals surface area contributed by atoms with Gasteiger partial charge < -0.3 is 10.3 Å². The monoisotopic (exact) mass is 208 g/mol. The van der Waals surface area contributed by atoms with E-state index in [4.69, 9.17) is 5.73 Å². The summed E-state index contributed by atoms with van der Waals surface area (Å²) in [7, 11) is 0. The van der Waals surface area contributed by atoms with Gasteiger partial charge >= 0.3 is 0 Å². The third-order valence-corrected chi connectivity index (χ3v) is 2.34. The van der Waals surface area contributed by atoms with Crippen molar-refractivity contribution in [3.63, 3.8) is 0 Å². The van der Waals surface area contributed by atoms with Crippen LogP contribution >= 0.6 is 0 Å². The molecule has 0 spiro atoms. The smallest absolute Gasteiger partial charge is 0.217 e. The maximum Gasteiger partial charge on any atom is 0.217 e. The molecular weight excluding hydrogens is 190 g/mol. The van der Waals surface area contributed by atoms with E-state index < -0.39 is 0 Å². The summed E-state index contributed by atoms with van der Waals surface area (Å²) in [5.41, 5.74) is 5.04. The third kappa shape index (κ3) is 5.88. The van der Waals surface area contributed by atoms with Gasteiger partial charge in [0.15, 0.2) is 0 Å². The molecular formula is C11H18N3O. The second-order valence-electron chi connectivity index (χ2n) is 3.72. The zero-order valence-electron chi connectivity index (χ0n) is 8.98. The Balaban J connectivity index is 1.87. The van der Waals surface area contributed by atoms with Gasteiger partial charge in [-0.1, -0.05) is 19.3 Å². The lowest BCUT2D eigenvalue weighted by Crippen LogP contribution is -2.09. The van der Waals surface area contributed by atoms with Crippen LogP contribution < -0.4 is 5.73 Å². The average Bonchev–Trinajstić information content (AvgIpc) is 2.68. The molecule has 0 aliphatic carbocycles. The molecule has 0 fully saturated rings. The van der Waals surface area contributed by atoms with Crippen LogP contribution in [-0.4, -0.2) is 15.5 Å². The summed E-state index contributed by atoms with van der Waals surface area (Å²) in [6, 6.07) is 0. The summed E-state index contributed by atoms with van der Waals surface area (Å²) in [6.07, 6.45) is 12.5. The first-order valence-corrected chi connectivity index (χ1v) is 5.45. The molecule has 4 nitrogen and oxygen atoms in total. The highest BCUT2D eigenvalue weighted by molar-refractivity contribution is 5.73. The first-order valence-electron chi connectivity index (χ1n) is 5.45. The van der Waals surface area contributed by atoms with Gasteiger partial charge in [0.1, 0.15) is 6.20 Å². The van der Waals surface area contributed by atoms with Crippen LogP contribution in [0.15, 0.2) is 12.5 Å². The fraction of sp³-hybridized carbons (Fsp3) is 0.636. The maximum atomic E-state index is 10.5. The van der Waals surface area contributed by atoms with Gasteiger partial charge in [-0.05, 0) is 12.8 Å². The van der Waals surface area contributed by atoms with E-state index in [1.807, 2.05) is 10.8 Å². The molecule has 0 bridgehead atoms. The van der Waals surface area contributed by atoms with Crippen molar-refractivity contribution in [1.82, 2.24) is 9.55 Å². The van der Waals surface area contributed by atoms with Crippen molar-refractivity contribution in [2.45, 2.75) is 45.1 Å². The number of imidazole rings is 1. The standard InChI is InChI=1S/C11H18N3O/c12-11(15)6-4-2-1-3-5-8-14-9-7-13-10-14/h9-10H,1-6,8H2,(H2,12,15). The molecule has 1 aromatic rings. The normalized spacial score (nSPS) is 10.4. The number of nitrogens with zero attached hydrogens (tertiary/aromatic N) is 2. The van der Waals surface area contributed by atoms with Crippen molar-refractivity contribution in [3.8, 4) is 0 Å². The largest absolute Gasteiger partial charge is 0.370 e. The number of carbonyl (C=O) groups is 1. The van der Waals surface area contributed by atoms with Crippen molar-refractivity contribution in [2.75, 3.05) is 0 Å². The first kappa shape index (κ1) is 11.8. The topological polar surface area (TPSA) is 60.9 Å². The summed E-state index contributed by atoms with van der Waals surface area (Å²) in [5, 5.41) is 0. The van der Waals surface area contributed by atoms with Crippen LogP contribution in [-0.2, 0) is 11.3 Å². The van der Waals surface area contributed by atoms with Crippen molar-refractivity contribution in [2.24, 2.45) is 5.73 Å². The van der Waals surface area contributed by atoms with Gasteiger partial charge in [-0.15, -0.1) is 0 Å². The van der Waals surface area contributed by atoms with Gasteiger partial charge in [-0.3, -0.25) is 4.79 Å². The number of rotatable bonds is 8. The maximum absolute atomic E-state index is 10.5. The molecule has 0 saturated carbocycles. The number of unbranched alkanes of at least 4 members (excludes halogenated alkanes) is 4. The Morgan fingerprint density at radius 3 is 2.67 bits per heavy atom. The molecule has 0 saturated heterocycles. The van der Waals surface area contributed by atoms with Gasteiger partial charge in [-0.25, -0.2) is 4.98 Å². The molecule has 2 N–H and O–H groups in total. The van der Waals surface area contributed by atoms with E-state index in [0.717, 1.165) is 25.8 Å². The van der Waals surface area contributed by atoms with Crippen LogP contribution in [0.4, 0.5) is 0 Å². The van der Waals surface area contributed by atoms with Crippen LogP contribution in [0.3, 0.4) is 0 Å². The summed E-state index contributed by atoms with van der Waals surface area (Å²) in [5.74, 6) is -0.191. The van der Waals surface area contributed by atoms with Crippen LogP contribution in [0.25, 0.3) is 0 Å². The number of primary amides is 1. The van der Waals surface area contributed by atoms with E-state index in [9.17, 15) is 4.79 Å². The minimum atomic E-state index is -0.191. The lowest BCUT2D eigenvalue weighted by Gasteiger charge is -2.01. The Hall–Kier alpha value is -1.32. The van der Waals surface area contributed by atoms with Crippen molar-refractivity contribution in [3.05, 3.63) is 18.7 Å². The molecule has 1 heterocycles. The van der Waals surface area contributed by atoms with Crippen LogP contribution in [0.2, 0.25) is 0 Å². The number of nitrogens with two attached hydrogens (primary N) is 1. The second kappa shape index (κ2) is 7.04. The highest BCUT2D eigenvalue weighted by Gasteiger charge is 1.95. The van der Waals surface area contributed by atoms with Crippen molar-refractivity contribution >= 4 is 5.91 Å². The van der Waals surface area contributed by atoms with Crippen molar-refractivity contribution in [1.29, 1.82) is 0 Å². The van der Waals surface area contributed by atoms with E-state index in [0.29, 0.717) is 6.42 Å². The quantitative estimate of drug-likeness (QED) is 0.658. The summed E-state index contributed by atoms with van der Waals surface area (Å²) in [4.78, 5) is 14.3. The molecule has 1 amide bonds. The van der Waals surface area contributed by atoms with Crippen molar-refractivity contribution < 1.29 is 4.79 Å². The Labute approximate surface area is 90.5 Å². The first-order chi connectivity index (χ1) is 7.29. The molecule has 0 aromatic carbocycles. The van der Waals surface area contributed by atoms with Crippen LogP contribution in [0, 0.1) is 6.20 Å². The Bertz CT molecular complexity index is 269. The molecule has 1 rings (SSSR count). The molecule has 1 aromatic heterocycles. The predicted octanol–water partition coefficient (Wildman–Crippen LogP) is 1.51. The lowest BCUT2D eigenvalue weighted by atomic mass is 10.1. The zero-order chi connectivity index (χ0) is 10.9. The Kier molecular flexibility index (Phi) is 5.51. The van der Waals surface area contributed by atoms with Gasteiger partial charge in [0.2, 0.25) is 5.91 Å². The Morgan fingerprint density at radius 1 is 1.27 bits per heavy atom. The molecule has 1 radical (unpaired) electrons. The van der Waals surface area contributed by atoms with E-state index in [-0.39, 0.29) is 5.91 Å². The Morgan fingerprint density at radius 2 is 2.00 bits per heavy atom. The fourth-order valence-corrected chi connectivity index (χ4v) is 1.49. The molecule has 0 unspecified atom stereocenters. The van der Waals surface area contributed by atoms with Gasteiger partial charge in [0.05, 0.1) is 6.33 Å². The zero-order valence-corrected chi connectivity index (χ0v) is 8.98. The van der Waals surface area contributed by atoms with E-state index in [1.165, 1.54) is 12.8 Å². The molecule has 15 heavy (non-hydrogen) atoms. The molecule has 0 aliphatic rings. The van der Waals surface area contributed by atoms with Gasteiger partial charge in [0.25, 0.3) is 0 Å². The lowest BCUT2D eigenvalue weighted by molar-refractivity contribution is -0.118. The van der Waals surface area contributed by atoms with Gasteiger partial charge in [0, 0.05) is 19.2 Å². The number of hydrogen-bond acceptors (Lipinski definition) is 2. The summed E-state index contributed by atoms with van der Waals surface area (Å²) in [6.45, 7) is 1.01. The molecule has 0 aliphatic heterocycles. The number of aryl methyl sites for hydroxylation is 1. The minimum Gasteiger partial charge on any atom is -0.370 e. The number of hydrogen-bond donors (Lipinski definition) is 1. The summed E-state index contributed by atoms with van der Waals surface area (Å²) < 4.78 is 2.03. The summed E-state index contributed by atoms with van der Waals surface area (Å²) >= 11 is 0. The minimum absolute atomic E-state index is 0.191. The molecule has 4 heteroatoms. The fourth-order valence-electron chi connectivity index (χ4n) is 1.49. The number of amides is 1. The van der Waals surface area contributed by atoms with Crippen LogP contribution in [0.1, 0.15) is 38.5 Å². The third-order valence-electron chi connectivity index (χ3n) is 2.34. The predicted molar refractivity (Wildman–Crippen MR) is 58.0 cm³/mol. The van der Waals surface area contributed by atoms with E-state index in [1.54, 1.807) is 6.33 Å². The average molecular weight is 208 g/mol. The SMILES string of the molecule is NC(=O)CCCCCCCn1c[c]nc1. The number of carbonyl (C=O) groups excluding carboxylic acids is 1. The molecule has 83 valence electrons. The van der Waals surface area contributed by atoms with E-state index >= 15 is 0 Å². The highest BCUT2D eigenvalue weighted by Crippen LogP contribution is 2.06. The van der Waals surface area contributed by atoms with Gasteiger partial charge in [-0.2, -0.15) is 0 Å². The molecule has 0 atom stereocenters. The second-order valence-corrected chi connectivity index (χ2v) is 3.72. The van der Waals surface area contributed by atoms with E-state index in [2.05, 4.69) is 11.2 Å². The highest BCUT2D eigenvalue weighted by atomic mass is 16.1.